The lowest BCUT2D eigenvalue weighted by atomic mass is 10.2. The van der Waals surface area contributed by atoms with Crippen LogP contribution in [0.5, 0.6) is 0 Å². The Morgan fingerprint density at radius 2 is 2.16 bits per heavy atom. The molecular weight excluding hydrogens is 264 g/mol. The molecule has 0 aliphatic carbocycles. The Hall–Kier alpha value is -1.59. The van der Waals surface area contributed by atoms with Crippen molar-refractivity contribution >= 4 is 23.3 Å². The molecule has 102 valence electrons. The van der Waals surface area contributed by atoms with Gasteiger partial charge in [-0.3, -0.25) is 0 Å². The maximum absolute atomic E-state index is 6.06. The Morgan fingerprint density at radius 3 is 2.84 bits per heavy atom. The third-order valence-corrected chi connectivity index (χ3v) is 3.15. The van der Waals surface area contributed by atoms with Crippen molar-refractivity contribution in [3.63, 3.8) is 0 Å². The summed E-state index contributed by atoms with van der Waals surface area (Å²) in [6, 6.07) is 6.07. The number of hydrogen-bond acceptors (Lipinski definition) is 5. The van der Waals surface area contributed by atoms with Gasteiger partial charge < -0.3 is 15.1 Å². The Balaban J connectivity index is 2.09. The van der Waals surface area contributed by atoms with Gasteiger partial charge in [0.1, 0.15) is 0 Å². The van der Waals surface area contributed by atoms with E-state index in [0.29, 0.717) is 16.9 Å². The van der Waals surface area contributed by atoms with Crippen LogP contribution in [0.15, 0.2) is 22.6 Å². The molecule has 2 N–H and O–H groups in total. The van der Waals surface area contributed by atoms with Crippen molar-refractivity contribution in [3.8, 4) is 0 Å². The van der Waals surface area contributed by atoms with Crippen LogP contribution in [-0.4, -0.2) is 16.7 Å². The lowest BCUT2D eigenvalue weighted by Crippen LogP contribution is -2.17. The number of rotatable bonds is 5. The van der Waals surface area contributed by atoms with E-state index in [1.54, 1.807) is 0 Å². The van der Waals surface area contributed by atoms with Crippen molar-refractivity contribution in [3.05, 3.63) is 34.7 Å². The number of aromatic nitrogens is 2. The van der Waals surface area contributed by atoms with Crippen LogP contribution in [-0.2, 0) is 0 Å². The number of benzene rings is 1. The van der Waals surface area contributed by atoms with E-state index in [4.69, 9.17) is 16.0 Å². The topological polar surface area (TPSA) is 63.0 Å². The summed E-state index contributed by atoms with van der Waals surface area (Å²) < 4.78 is 5.53. The van der Waals surface area contributed by atoms with Gasteiger partial charge in [0, 0.05) is 10.7 Å². The number of aryl methyl sites for hydroxylation is 1. The molecule has 2 rings (SSSR count). The van der Waals surface area contributed by atoms with Gasteiger partial charge in [0.2, 0.25) is 5.89 Å². The second kappa shape index (κ2) is 6.04. The lowest BCUT2D eigenvalue weighted by Gasteiger charge is -2.06. The summed E-state index contributed by atoms with van der Waals surface area (Å²) in [5.41, 5.74) is 1.85. The summed E-state index contributed by atoms with van der Waals surface area (Å²) in [5.74, 6) is 0.558. The van der Waals surface area contributed by atoms with Crippen molar-refractivity contribution in [2.75, 3.05) is 11.9 Å². The molecule has 19 heavy (non-hydrogen) atoms. The van der Waals surface area contributed by atoms with Crippen LogP contribution in [0.1, 0.15) is 31.3 Å². The maximum atomic E-state index is 6.06. The van der Waals surface area contributed by atoms with E-state index >= 15 is 0 Å². The fourth-order valence-corrected chi connectivity index (χ4v) is 1.83. The molecule has 0 saturated heterocycles. The van der Waals surface area contributed by atoms with Crippen molar-refractivity contribution in [2.24, 2.45) is 0 Å². The zero-order valence-electron chi connectivity index (χ0n) is 11.2. The van der Waals surface area contributed by atoms with Crippen molar-refractivity contribution < 1.29 is 4.42 Å². The normalized spacial score (nSPS) is 12.4. The van der Waals surface area contributed by atoms with Gasteiger partial charge in [-0.2, -0.15) is 0 Å². The largest absolute Gasteiger partial charge is 0.406 e. The highest BCUT2D eigenvalue weighted by molar-refractivity contribution is 6.31. The van der Waals surface area contributed by atoms with E-state index in [2.05, 4.69) is 20.8 Å². The lowest BCUT2D eigenvalue weighted by molar-refractivity contribution is 0.430. The first-order chi connectivity index (χ1) is 9.10. The highest BCUT2D eigenvalue weighted by Crippen LogP contribution is 2.23. The van der Waals surface area contributed by atoms with Crippen molar-refractivity contribution in [2.45, 2.75) is 26.8 Å². The van der Waals surface area contributed by atoms with Crippen LogP contribution in [0.25, 0.3) is 0 Å². The molecule has 6 heteroatoms. The Bertz CT molecular complexity index is 555. The summed E-state index contributed by atoms with van der Waals surface area (Å²) in [4.78, 5) is 0. The number of nitrogens with one attached hydrogen (secondary N) is 2. The summed E-state index contributed by atoms with van der Waals surface area (Å²) in [6.45, 7) is 6.80. The number of halogens is 1. The maximum Gasteiger partial charge on any atom is 0.320 e. The number of hydrogen-bond donors (Lipinski definition) is 2. The minimum Gasteiger partial charge on any atom is -0.406 e. The molecule has 1 atom stereocenters. The molecule has 1 heterocycles. The van der Waals surface area contributed by atoms with Crippen LogP contribution >= 0.6 is 11.6 Å². The van der Waals surface area contributed by atoms with Crippen molar-refractivity contribution in [1.82, 2.24) is 15.5 Å². The monoisotopic (exact) mass is 280 g/mol. The average molecular weight is 281 g/mol. The molecule has 2 aromatic rings. The fourth-order valence-electron chi connectivity index (χ4n) is 1.65. The molecule has 1 aromatic carbocycles. The minimum atomic E-state index is 0.0367. The fraction of sp³-hybridized carbons (Fsp3) is 0.385. The Kier molecular flexibility index (Phi) is 4.39. The van der Waals surface area contributed by atoms with Gasteiger partial charge in [-0.1, -0.05) is 29.7 Å². The summed E-state index contributed by atoms with van der Waals surface area (Å²) in [5, 5.41) is 14.9. The predicted octanol–water partition coefficient (Wildman–Crippen LogP) is 3.45. The quantitative estimate of drug-likeness (QED) is 0.878. The van der Waals surface area contributed by atoms with Gasteiger partial charge in [-0.05, 0) is 38.1 Å². The van der Waals surface area contributed by atoms with E-state index in [1.165, 1.54) is 0 Å². The molecule has 0 bridgehead atoms. The van der Waals surface area contributed by atoms with Gasteiger partial charge in [0.15, 0.2) is 0 Å². The third kappa shape index (κ3) is 3.45. The zero-order chi connectivity index (χ0) is 13.8. The molecule has 0 aliphatic rings. The molecule has 0 fully saturated rings. The van der Waals surface area contributed by atoms with E-state index < -0.39 is 0 Å². The first-order valence-corrected chi connectivity index (χ1v) is 6.58. The molecule has 0 spiro atoms. The van der Waals surface area contributed by atoms with E-state index in [9.17, 15) is 0 Å². The van der Waals surface area contributed by atoms with Crippen LogP contribution in [0.4, 0.5) is 11.7 Å². The number of anilines is 2. The first-order valence-electron chi connectivity index (χ1n) is 6.20. The van der Waals surface area contributed by atoms with Gasteiger partial charge >= 0.3 is 6.01 Å². The molecule has 0 saturated carbocycles. The van der Waals surface area contributed by atoms with E-state index in [1.807, 2.05) is 39.0 Å². The summed E-state index contributed by atoms with van der Waals surface area (Å²) in [6.07, 6.45) is 0. The molecule has 0 radical (unpaired) electrons. The first kappa shape index (κ1) is 13.8. The number of nitrogens with zero attached hydrogens (tertiary/aromatic N) is 2. The standard InChI is InChI=1S/C13H17ClN4O/c1-4-15-9(3)12-17-18-13(19-12)16-10-6-5-8(2)11(14)7-10/h5-7,9,15H,4H2,1-3H3,(H,16,18). The van der Waals surface area contributed by atoms with Gasteiger partial charge in [-0.25, -0.2) is 0 Å². The van der Waals surface area contributed by atoms with Crippen LogP contribution < -0.4 is 10.6 Å². The minimum absolute atomic E-state index is 0.0367. The van der Waals surface area contributed by atoms with Crippen LogP contribution in [0, 0.1) is 6.92 Å². The Morgan fingerprint density at radius 1 is 1.37 bits per heavy atom. The highest BCUT2D eigenvalue weighted by Gasteiger charge is 2.12. The highest BCUT2D eigenvalue weighted by atomic mass is 35.5. The van der Waals surface area contributed by atoms with Crippen LogP contribution in [0.3, 0.4) is 0 Å². The summed E-state index contributed by atoms with van der Waals surface area (Å²) in [7, 11) is 0. The molecule has 1 aromatic heterocycles. The second-order valence-electron chi connectivity index (χ2n) is 4.31. The van der Waals surface area contributed by atoms with Crippen molar-refractivity contribution in [1.29, 1.82) is 0 Å². The Labute approximate surface area is 117 Å². The van der Waals surface area contributed by atoms with E-state index in [0.717, 1.165) is 17.8 Å². The van der Waals surface area contributed by atoms with Gasteiger partial charge in [0.25, 0.3) is 0 Å². The third-order valence-electron chi connectivity index (χ3n) is 2.74. The second-order valence-corrected chi connectivity index (χ2v) is 4.72. The molecule has 1 unspecified atom stereocenters. The SMILES string of the molecule is CCNC(C)c1nnc(Nc2ccc(C)c(Cl)c2)o1. The molecular formula is C13H17ClN4O. The predicted molar refractivity (Wildman–Crippen MR) is 75.9 cm³/mol. The smallest absolute Gasteiger partial charge is 0.320 e. The van der Waals surface area contributed by atoms with Gasteiger partial charge in [-0.15, -0.1) is 5.10 Å². The summed E-state index contributed by atoms with van der Waals surface area (Å²) >= 11 is 6.06. The average Bonchev–Trinajstić information content (AvgIpc) is 2.83. The molecule has 0 amide bonds. The van der Waals surface area contributed by atoms with E-state index in [-0.39, 0.29) is 6.04 Å². The van der Waals surface area contributed by atoms with Gasteiger partial charge in [0.05, 0.1) is 6.04 Å². The molecule has 5 nitrogen and oxygen atoms in total. The van der Waals surface area contributed by atoms with Crippen LogP contribution in [0.2, 0.25) is 5.02 Å². The zero-order valence-corrected chi connectivity index (χ0v) is 12.0. The molecule has 0 aliphatic heterocycles.